The number of rotatable bonds is 8. The summed E-state index contributed by atoms with van der Waals surface area (Å²) >= 11 is 0. The van der Waals surface area contributed by atoms with Gasteiger partial charge in [-0.15, -0.1) is 0 Å². The maximum Gasteiger partial charge on any atom is 0.323 e. The van der Waals surface area contributed by atoms with E-state index >= 15 is 0 Å². The second kappa shape index (κ2) is 7.62. The Morgan fingerprint density at radius 1 is 1.22 bits per heavy atom. The second-order valence-electron chi connectivity index (χ2n) is 3.93. The van der Waals surface area contributed by atoms with Crippen LogP contribution in [-0.4, -0.2) is 39.3 Å². The zero-order chi connectivity index (χ0) is 13.4. The Hall–Kier alpha value is -1.67. The van der Waals surface area contributed by atoms with Gasteiger partial charge in [0.05, 0.1) is 6.10 Å². The number of anilines is 2. The normalized spacial score (nSPS) is 10.5. The summed E-state index contributed by atoms with van der Waals surface area (Å²) in [6.07, 6.45) is 1.53. The predicted molar refractivity (Wildman–Crippen MR) is 68.2 cm³/mol. The lowest BCUT2D eigenvalue weighted by atomic mass is 10.3. The highest BCUT2D eigenvalue weighted by Crippen LogP contribution is 2.11. The van der Waals surface area contributed by atoms with Crippen LogP contribution < -0.4 is 21.3 Å². The summed E-state index contributed by atoms with van der Waals surface area (Å²) in [6, 6.07) is 0.220. The molecule has 8 heteroatoms. The minimum Gasteiger partial charge on any atom is -0.461 e. The van der Waals surface area contributed by atoms with Gasteiger partial charge in [-0.05, 0) is 26.7 Å². The quantitative estimate of drug-likeness (QED) is 0.294. The van der Waals surface area contributed by atoms with Gasteiger partial charge in [0.1, 0.15) is 0 Å². The summed E-state index contributed by atoms with van der Waals surface area (Å²) < 4.78 is 5.39. The molecule has 0 spiro atoms. The molecular weight excluding hydrogens is 236 g/mol. The highest BCUT2D eigenvalue weighted by molar-refractivity contribution is 5.34. The fourth-order valence-corrected chi connectivity index (χ4v) is 1.20. The average Bonchev–Trinajstić information content (AvgIpc) is 2.33. The van der Waals surface area contributed by atoms with Crippen molar-refractivity contribution < 1.29 is 9.84 Å². The fourth-order valence-electron chi connectivity index (χ4n) is 1.20. The molecule has 0 unspecified atom stereocenters. The van der Waals surface area contributed by atoms with E-state index in [4.69, 9.17) is 15.7 Å². The van der Waals surface area contributed by atoms with Crippen molar-refractivity contribution >= 4 is 11.9 Å². The van der Waals surface area contributed by atoms with Gasteiger partial charge in [-0.25, -0.2) is 5.84 Å². The monoisotopic (exact) mass is 256 g/mol. The maximum atomic E-state index is 8.67. The van der Waals surface area contributed by atoms with Crippen LogP contribution in [-0.2, 0) is 0 Å². The van der Waals surface area contributed by atoms with Gasteiger partial charge < -0.3 is 15.2 Å². The lowest BCUT2D eigenvalue weighted by Gasteiger charge is -2.10. The Morgan fingerprint density at radius 2 is 1.94 bits per heavy atom. The summed E-state index contributed by atoms with van der Waals surface area (Å²) in [5, 5.41) is 11.7. The van der Waals surface area contributed by atoms with Gasteiger partial charge in [0, 0.05) is 13.2 Å². The molecular formula is C10H20N6O2. The van der Waals surface area contributed by atoms with E-state index < -0.39 is 0 Å². The number of hydrazine groups is 1. The Balaban J connectivity index is 2.64. The smallest absolute Gasteiger partial charge is 0.323 e. The van der Waals surface area contributed by atoms with Crippen molar-refractivity contribution in [1.29, 1.82) is 0 Å². The summed E-state index contributed by atoms with van der Waals surface area (Å²) in [7, 11) is 0. The topological polar surface area (TPSA) is 118 Å². The molecule has 102 valence electrons. The number of nitrogen functional groups attached to an aromatic ring is 1. The first-order chi connectivity index (χ1) is 8.65. The largest absolute Gasteiger partial charge is 0.461 e. The molecule has 0 aliphatic heterocycles. The summed E-state index contributed by atoms with van der Waals surface area (Å²) in [5.41, 5.74) is 2.36. The van der Waals surface area contributed by atoms with Crippen LogP contribution in [0, 0.1) is 0 Å². The molecule has 0 fully saturated rings. The molecule has 0 amide bonds. The molecule has 0 atom stereocenters. The van der Waals surface area contributed by atoms with Crippen LogP contribution in [0.3, 0.4) is 0 Å². The van der Waals surface area contributed by atoms with Crippen molar-refractivity contribution in [2.45, 2.75) is 32.8 Å². The third-order valence-corrected chi connectivity index (χ3v) is 1.95. The van der Waals surface area contributed by atoms with Crippen molar-refractivity contribution in [3.8, 4) is 6.01 Å². The average molecular weight is 256 g/mol. The van der Waals surface area contributed by atoms with E-state index in [9.17, 15) is 0 Å². The molecule has 0 bridgehead atoms. The van der Waals surface area contributed by atoms with Crippen molar-refractivity contribution in [2.75, 3.05) is 23.9 Å². The van der Waals surface area contributed by atoms with Gasteiger partial charge in [0.2, 0.25) is 11.9 Å². The zero-order valence-electron chi connectivity index (χ0n) is 10.7. The van der Waals surface area contributed by atoms with Crippen molar-refractivity contribution in [3.63, 3.8) is 0 Å². The maximum absolute atomic E-state index is 8.67. The first-order valence-electron chi connectivity index (χ1n) is 5.89. The molecule has 1 aromatic heterocycles. The van der Waals surface area contributed by atoms with Crippen molar-refractivity contribution in [2.24, 2.45) is 5.84 Å². The van der Waals surface area contributed by atoms with Gasteiger partial charge >= 0.3 is 6.01 Å². The molecule has 0 saturated carbocycles. The number of aliphatic hydroxyl groups excluding tert-OH is 1. The molecule has 0 radical (unpaired) electrons. The molecule has 5 N–H and O–H groups in total. The van der Waals surface area contributed by atoms with Crippen LogP contribution >= 0.6 is 0 Å². The first kappa shape index (κ1) is 14.4. The molecule has 0 aliphatic rings. The molecule has 1 heterocycles. The van der Waals surface area contributed by atoms with Gasteiger partial charge in [0.15, 0.2) is 0 Å². The number of unbranched alkanes of at least 4 members (excludes halogenated alkanes) is 1. The number of hydrogen-bond acceptors (Lipinski definition) is 8. The summed E-state index contributed by atoms with van der Waals surface area (Å²) in [4.78, 5) is 12.1. The van der Waals surface area contributed by atoms with Crippen LogP contribution in [0.4, 0.5) is 11.9 Å². The Kier molecular flexibility index (Phi) is 6.09. The van der Waals surface area contributed by atoms with Crippen LogP contribution in [0.25, 0.3) is 0 Å². The Labute approximate surface area is 106 Å². The second-order valence-corrected chi connectivity index (χ2v) is 3.93. The number of hydrogen-bond donors (Lipinski definition) is 4. The van der Waals surface area contributed by atoms with Crippen LogP contribution in [0.5, 0.6) is 6.01 Å². The lowest BCUT2D eigenvalue weighted by Crippen LogP contribution is -2.16. The van der Waals surface area contributed by atoms with Crippen molar-refractivity contribution in [3.05, 3.63) is 0 Å². The van der Waals surface area contributed by atoms with Crippen LogP contribution in [0.1, 0.15) is 26.7 Å². The number of aromatic nitrogens is 3. The highest BCUT2D eigenvalue weighted by atomic mass is 16.5. The fraction of sp³-hybridized carbons (Fsp3) is 0.700. The third kappa shape index (κ3) is 5.11. The minimum absolute atomic E-state index is 0.0275. The van der Waals surface area contributed by atoms with E-state index in [1.807, 2.05) is 13.8 Å². The van der Waals surface area contributed by atoms with E-state index in [-0.39, 0.29) is 24.7 Å². The molecule has 1 aromatic rings. The molecule has 0 saturated heterocycles. The molecule has 0 aliphatic carbocycles. The number of nitrogens with zero attached hydrogens (tertiary/aromatic N) is 3. The van der Waals surface area contributed by atoms with Crippen LogP contribution in [0.2, 0.25) is 0 Å². The van der Waals surface area contributed by atoms with E-state index in [1.54, 1.807) is 0 Å². The molecule has 18 heavy (non-hydrogen) atoms. The van der Waals surface area contributed by atoms with E-state index in [1.165, 1.54) is 0 Å². The number of nitrogens with one attached hydrogen (secondary N) is 2. The van der Waals surface area contributed by atoms with Crippen molar-refractivity contribution in [1.82, 2.24) is 15.0 Å². The third-order valence-electron chi connectivity index (χ3n) is 1.95. The predicted octanol–water partition coefficient (Wildman–Crippen LogP) is 0.129. The number of ether oxygens (including phenoxy) is 1. The van der Waals surface area contributed by atoms with Crippen LogP contribution in [0.15, 0.2) is 0 Å². The van der Waals surface area contributed by atoms with E-state index in [0.29, 0.717) is 12.5 Å². The molecule has 1 rings (SSSR count). The lowest BCUT2D eigenvalue weighted by molar-refractivity contribution is 0.222. The molecule has 0 aromatic carbocycles. The highest BCUT2D eigenvalue weighted by Gasteiger charge is 2.07. The van der Waals surface area contributed by atoms with Gasteiger partial charge in [0.25, 0.3) is 0 Å². The summed E-state index contributed by atoms with van der Waals surface area (Å²) in [6.45, 7) is 4.60. The van der Waals surface area contributed by atoms with Gasteiger partial charge in [-0.3, -0.25) is 5.43 Å². The first-order valence-corrected chi connectivity index (χ1v) is 5.89. The molecule has 8 nitrogen and oxygen atoms in total. The Morgan fingerprint density at radius 3 is 2.56 bits per heavy atom. The van der Waals surface area contributed by atoms with E-state index in [0.717, 1.165) is 12.8 Å². The number of nitrogens with two attached hydrogens (primary N) is 1. The van der Waals surface area contributed by atoms with Gasteiger partial charge in [-0.2, -0.15) is 15.0 Å². The zero-order valence-corrected chi connectivity index (χ0v) is 10.7. The minimum atomic E-state index is -0.0275. The standard InChI is InChI=1S/C10H20N6O2/c1-7(2)18-10-14-8(12-5-3-4-6-17)13-9(15-10)16-11/h7,17H,3-6,11H2,1-2H3,(H2,12,13,14,15,16). The Bertz CT molecular complexity index is 360. The number of aliphatic hydroxyl groups is 1. The summed E-state index contributed by atoms with van der Waals surface area (Å²) in [5.74, 6) is 5.91. The SMILES string of the molecule is CC(C)Oc1nc(NN)nc(NCCCCO)n1. The van der Waals surface area contributed by atoms with Gasteiger partial charge in [-0.1, -0.05) is 0 Å². The van der Waals surface area contributed by atoms with E-state index in [2.05, 4.69) is 25.7 Å².